The Labute approximate surface area is 97.4 Å². The topological polar surface area (TPSA) is 29.3 Å². The number of hydrogen-bond donors (Lipinski definition) is 1. The largest absolute Gasteiger partial charge is 0.326 e. The minimum absolute atomic E-state index is 0.392. The first kappa shape index (κ1) is 10.3. The summed E-state index contributed by atoms with van der Waals surface area (Å²) in [6.45, 7) is 2.21. The van der Waals surface area contributed by atoms with Crippen molar-refractivity contribution in [1.29, 1.82) is 0 Å². The van der Waals surface area contributed by atoms with E-state index in [1.807, 2.05) is 0 Å². The molecule has 1 heterocycles. The molecular weight excluding hydrogens is 196 g/mol. The molecule has 3 rings (SSSR count). The number of hydrogen-bond acceptors (Lipinski definition) is 2. The van der Waals surface area contributed by atoms with Crippen LogP contribution in [0.1, 0.15) is 36.8 Å². The maximum atomic E-state index is 6.25. The van der Waals surface area contributed by atoms with Crippen molar-refractivity contribution in [3.8, 4) is 0 Å². The third kappa shape index (κ3) is 1.76. The molecular formula is C14H20N2. The third-order valence-corrected chi connectivity index (χ3v) is 4.12. The second-order valence-corrected chi connectivity index (χ2v) is 5.19. The Morgan fingerprint density at radius 1 is 1.00 bits per heavy atom. The Balaban J connectivity index is 1.75. The smallest absolute Gasteiger partial charge is 0.0254 e. The predicted molar refractivity (Wildman–Crippen MR) is 65.9 cm³/mol. The van der Waals surface area contributed by atoms with Crippen LogP contribution >= 0.6 is 0 Å². The fourth-order valence-corrected chi connectivity index (χ4v) is 3.19. The molecule has 2 unspecified atom stereocenters. The molecule has 1 fully saturated rings. The first-order chi connectivity index (χ1) is 7.84. The minimum atomic E-state index is 0.392. The number of rotatable bonds is 1. The first-order valence-electron chi connectivity index (χ1n) is 6.41. The Morgan fingerprint density at radius 3 is 2.25 bits per heavy atom. The van der Waals surface area contributed by atoms with Gasteiger partial charge in [0.1, 0.15) is 0 Å². The zero-order valence-electron chi connectivity index (χ0n) is 9.73. The van der Waals surface area contributed by atoms with Gasteiger partial charge in [-0.3, -0.25) is 4.90 Å². The highest BCUT2D eigenvalue weighted by Gasteiger charge is 2.31. The summed E-state index contributed by atoms with van der Waals surface area (Å²) in [5.41, 5.74) is 9.25. The Kier molecular flexibility index (Phi) is 2.70. The molecule has 1 saturated carbocycles. The van der Waals surface area contributed by atoms with Gasteiger partial charge in [0.2, 0.25) is 0 Å². The maximum Gasteiger partial charge on any atom is 0.0254 e. The summed E-state index contributed by atoms with van der Waals surface area (Å²) in [5, 5.41) is 0. The van der Waals surface area contributed by atoms with Crippen molar-refractivity contribution >= 4 is 0 Å². The zero-order chi connectivity index (χ0) is 11.0. The van der Waals surface area contributed by atoms with Crippen molar-refractivity contribution < 1.29 is 0 Å². The molecule has 0 spiro atoms. The van der Waals surface area contributed by atoms with Crippen LogP contribution in [0.2, 0.25) is 0 Å². The standard InChI is InChI=1S/C14H20N2/c15-13-7-3-4-8-14(13)16-9-11-5-1-2-6-12(11)10-16/h1-2,5-6,13-14H,3-4,7-10,15H2. The van der Waals surface area contributed by atoms with E-state index in [0.29, 0.717) is 12.1 Å². The van der Waals surface area contributed by atoms with E-state index in [-0.39, 0.29) is 0 Å². The molecule has 2 heteroatoms. The maximum absolute atomic E-state index is 6.25. The van der Waals surface area contributed by atoms with E-state index in [9.17, 15) is 0 Å². The van der Waals surface area contributed by atoms with Crippen molar-refractivity contribution in [2.75, 3.05) is 0 Å². The van der Waals surface area contributed by atoms with Crippen LogP contribution in [0.5, 0.6) is 0 Å². The second-order valence-electron chi connectivity index (χ2n) is 5.19. The summed E-state index contributed by atoms with van der Waals surface area (Å²) >= 11 is 0. The summed E-state index contributed by atoms with van der Waals surface area (Å²) in [7, 11) is 0. The Hall–Kier alpha value is -0.860. The molecule has 86 valence electrons. The monoisotopic (exact) mass is 216 g/mol. The molecule has 2 aliphatic rings. The highest BCUT2D eigenvalue weighted by molar-refractivity contribution is 5.30. The van der Waals surface area contributed by atoms with Crippen LogP contribution in [0.15, 0.2) is 24.3 Å². The van der Waals surface area contributed by atoms with Crippen LogP contribution in [0, 0.1) is 0 Å². The number of benzene rings is 1. The van der Waals surface area contributed by atoms with E-state index in [2.05, 4.69) is 29.2 Å². The van der Waals surface area contributed by atoms with Gasteiger partial charge in [-0.15, -0.1) is 0 Å². The lowest BCUT2D eigenvalue weighted by molar-refractivity contribution is 0.137. The molecule has 2 atom stereocenters. The van der Waals surface area contributed by atoms with Crippen molar-refractivity contribution in [3.05, 3.63) is 35.4 Å². The van der Waals surface area contributed by atoms with E-state index in [4.69, 9.17) is 5.73 Å². The zero-order valence-corrected chi connectivity index (χ0v) is 9.73. The van der Waals surface area contributed by atoms with Gasteiger partial charge in [0.15, 0.2) is 0 Å². The third-order valence-electron chi connectivity index (χ3n) is 4.12. The fourth-order valence-electron chi connectivity index (χ4n) is 3.19. The van der Waals surface area contributed by atoms with E-state index < -0.39 is 0 Å². The van der Waals surface area contributed by atoms with Crippen molar-refractivity contribution in [2.24, 2.45) is 5.73 Å². The summed E-state index contributed by atoms with van der Waals surface area (Å²) < 4.78 is 0. The van der Waals surface area contributed by atoms with Crippen LogP contribution in [0.25, 0.3) is 0 Å². The Bertz CT molecular complexity index is 350. The average Bonchev–Trinajstić information content (AvgIpc) is 2.73. The van der Waals surface area contributed by atoms with Gasteiger partial charge >= 0.3 is 0 Å². The molecule has 0 radical (unpaired) electrons. The summed E-state index contributed by atoms with van der Waals surface area (Å²) in [4.78, 5) is 2.58. The molecule has 16 heavy (non-hydrogen) atoms. The second kappa shape index (κ2) is 4.19. The Morgan fingerprint density at radius 2 is 1.62 bits per heavy atom. The molecule has 0 bridgehead atoms. The van der Waals surface area contributed by atoms with Crippen LogP contribution in [0.4, 0.5) is 0 Å². The molecule has 1 aromatic rings. The van der Waals surface area contributed by atoms with Crippen LogP contribution in [-0.4, -0.2) is 17.0 Å². The predicted octanol–water partition coefficient (Wildman–Crippen LogP) is 2.27. The molecule has 2 nitrogen and oxygen atoms in total. The van der Waals surface area contributed by atoms with Crippen LogP contribution < -0.4 is 5.73 Å². The minimum Gasteiger partial charge on any atom is -0.326 e. The molecule has 1 aliphatic heterocycles. The van der Waals surface area contributed by atoms with Crippen LogP contribution in [0.3, 0.4) is 0 Å². The van der Waals surface area contributed by atoms with Gasteiger partial charge < -0.3 is 5.73 Å². The molecule has 1 aromatic carbocycles. The highest BCUT2D eigenvalue weighted by atomic mass is 15.2. The van der Waals surface area contributed by atoms with Gasteiger partial charge in [-0.2, -0.15) is 0 Å². The number of nitrogens with zero attached hydrogens (tertiary/aromatic N) is 1. The van der Waals surface area contributed by atoms with Crippen molar-refractivity contribution in [2.45, 2.75) is 50.9 Å². The molecule has 0 saturated heterocycles. The quantitative estimate of drug-likeness (QED) is 0.780. The van der Waals surface area contributed by atoms with Gasteiger partial charge in [0.25, 0.3) is 0 Å². The van der Waals surface area contributed by atoms with Crippen molar-refractivity contribution in [1.82, 2.24) is 4.90 Å². The van der Waals surface area contributed by atoms with E-state index in [1.165, 1.54) is 36.8 Å². The molecule has 0 aromatic heterocycles. The van der Waals surface area contributed by atoms with Crippen molar-refractivity contribution in [3.63, 3.8) is 0 Å². The van der Waals surface area contributed by atoms with Gasteiger partial charge in [-0.05, 0) is 24.0 Å². The average molecular weight is 216 g/mol. The summed E-state index contributed by atoms with van der Waals surface area (Å²) in [5.74, 6) is 0. The molecule has 2 N–H and O–H groups in total. The number of fused-ring (bicyclic) bond motifs is 1. The lowest BCUT2D eigenvalue weighted by Gasteiger charge is -2.35. The number of nitrogens with two attached hydrogens (primary N) is 1. The highest BCUT2D eigenvalue weighted by Crippen LogP contribution is 2.30. The van der Waals surface area contributed by atoms with E-state index in [0.717, 1.165) is 13.1 Å². The summed E-state index contributed by atoms with van der Waals surface area (Å²) in [6, 6.07) is 9.80. The lowest BCUT2D eigenvalue weighted by Crippen LogP contribution is -2.47. The van der Waals surface area contributed by atoms with E-state index >= 15 is 0 Å². The SMILES string of the molecule is NC1CCCCC1N1Cc2ccccc2C1. The first-order valence-corrected chi connectivity index (χ1v) is 6.41. The molecule has 1 aliphatic carbocycles. The fraction of sp³-hybridized carbons (Fsp3) is 0.571. The van der Waals surface area contributed by atoms with Gasteiger partial charge in [0, 0.05) is 25.2 Å². The normalized spacial score (nSPS) is 30.3. The lowest BCUT2D eigenvalue weighted by atomic mass is 9.90. The molecule has 0 amide bonds. The van der Waals surface area contributed by atoms with Crippen LogP contribution in [-0.2, 0) is 13.1 Å². The van der Waals surface area contributed by atoms with Gasteiger partial charge in [0.05, 0.1) is 0 Å². The van der Waals surface area contributed by atoms with Gasteiger partial charge in [-0.25, -0.2) is 0 Å². The summed E-state index contributed by atoms with van der Waals surface area (Å²) in [6.07, 6.45) is 5.16. The van der Waals surface area contributed by atoms with E-state index in [1.54, 1.807) is 0 Å². The van der Waals surface area contributed by atoms with Gasteiger partial charge in [-0.1, -0.05) is 37.1 Å².